The van der Waals surface area contributed by atoms with E-state index in [-0.39, 0.29) is 62.3 Å². The maximum atomic E-state index is 12.3. The van der Waals surface area contributed by atoms with Crippen molar-refractivity contribution in [2.24, 2.45) is 5.92 Å². The molecule has 0 aromatic rings. The first-order chi connectivity index (χ1) is 15.3. The average Bonchev–Trinajstić information content (AvgIpc) is 2.75. The van der Waals surface area contributed by atoms with E-state index in [2.05, 4.69) is 5.32 Å². The molecule has 0 bridgehead atoms. The SMILES string of the molecule is [NH]C(CCCNC(=O)CC1CC(CC2CCCC(CO)O2)CC(CO)O1)C(=O)CC(=O)O. The summed E-state index contributed by atoms with van der Waals surface area (Å²) in [5, 5.41) is 30.3. The van der Waals surface area contributed by atoms with Gasteiger partial charge in [-0.2, -0.15) is 0 Å². The number of Topliss-reactive ketones (excluding diaryl/α,β-unsaturated/α-hetero) is 1. The molecule has 10 nitrogen and oxygen atoms in total. The van der Waals surface area contributed by atoms with Gasteiger partial charge in [0.1, 0.15) is 6.42 Å². The van der Waals surface area contributed by atoms with Gasteiger partial charge in [-0.3, -0.25) is 14.4 Å². The Kier molecular flexibility index (Phi) is 11.5. The first-order valence-corrected chi connectivity index (χ1v) is 11.6. The molecule has 1 radical (unpaired) electrons. The molecule has 2 aliphatic rings. The molecule has 0 aromatic carbocycles. The van der Waals surface area contributed by atoms with Gasteiger partial charge >= 0.3 is 5.97 Å². The van der Waals surface area contributed by atoms with Crippen molar-refractivity contribution in [3.05, 3.63) is 0 Å². The quantitative estimate of drug-likeness (QED) is 0.228. The minimum absolute atomic E-state index is 0.0288. The minimum atomic E-state index is -1.24. The highest BCUT2D eigenvalue weighted by Gasteiger charge is 2.33. The van der Waals surface area contributed by atoms with Gasteiger partial charge in [0.05, 0.1) is 50.1 Å². The summed E-state index contributed by atoms with van der Waals surface area (Å²) in [5.74, 6) is -1.80. The van der Waals surface area contributed by atoms with Crippen LogP contribution in [0.1, 0.15) is 64.2 Å². The molecule has 0 spiro atoms. The van der Waals surface area contributed by atoms with Crippen LogP contribution in [0.4, 0.5) is 0 Å². The van der Waals surface area contributed by atoms with Crippen LogP contribution in [0.25, 0.3) is 0 Å². The van der Waals surface area contributed by atoms with Crippen LogP contribution in [0, 0.1) is 5.92 Å². The second kappa shape index (κ2) is 13.8. The molecule has 6 atom stereocenters. The summed E-state index contributed by atoms with van der Waals surface area (Å²) < 4.78 is 11.8. The number of hydrogen-bond acceptors (Lipinski definition) is 7. The van der Waals surface area contributed by atoms with Gasteiger partial charge in [0.2, 0.25) is 5.91 Å². The van der Waals surface area contributed by atoms with Crippen molar-refractivity contribution in [1.82, 2.24) is 11.1 Å². The molecule has 0 aromatic heterocycles. The second-order valence-corrected chi connectivity index (χ2v) is 8.92. The van der Waals surface area contributed by atoms with Crippen molar-refractivity contribution in [2.45, 2.75) is 94.7 Å². The number of carbonyl (C=O) groups excluding carboxylic acids is 2. The smallest absolute Gasteiger partial charge is 0.310 e. The molecule has 32 heavy (non-hydrogen) atoms. The zero-order valence-electron chi connectivity index (χ0n) is 18.5. The topological polar surface area (TPSA) is 166 Å². The molecule has 10 heteroatoms. The van der Waals surface area contributed by atoms with E-state index in [0.717, 1.165) is 25.7 Å². The number of rotatable bonds is 13. The van der Waals surface area contributed by atoms with Crippen molar-refractivity contribution >= 4 is 17.7 Å². The zero-order valence-corrected chi connectivity index (χ0v) is 18.5. The van der Waals surface area contributed by atoms with Gasteiger partial charge in [0.15, 0.2) is 5.78 Å². The fraction of sp³-hybridized carbons (Fsp3) is 0.864. The minimum Gasteiger partial charge on any atom is -0.481 e. The summed E-state index contributed by atoms with van der Waals surface area (Å²) in [6, 6.07) is -1.09. The Bertz CT molecular complexity index is 617. The van der Waals surface area contributed by atoms with Crippen LogP contribution in [0.2, 0.25) is 0 Å². The van der Waals surface area contributed by atoms with Gasteiger partial charge in [-0.25, -0.2) is 5.73 Å². The number of carbonyl (C=O) groups is 3. The molecule has 0 saturated carbocycles. The van der Waals surface area contributed by atoms with E-state index in [9.17, 15) is 24.6 Å². The fourth-order valence-corrected chi connectivity index (χ4v) is 4.57. The van der Waals surface area contributed by atoms with E-state index in [0.29, 0.717) is 25.8 Å². The Labute approximate surface area is 188 Å². The fourth-order valence-electron chi connectivity index (χ4n) is 4.57. The van der Waals surface area contributed by atoms with Gasteiger partial charge < -0.3 is 30.1 Å². The normalized spacial score (nSPS) is 29.3. The Morgan fingerprint density at radius 2 is 1.66 bits per heavy atom. The van der Waals surface area contributed by atoms with Crippen LogP contribution in [-0.2, 0) is 23.9 Å². The third-order valence-corrected chi connectivity index (χ3v) is 6.14. The third kappa shape index (κ3) is 9.50. The number of carboxylic acid groups (broad SMARTS) is 1. The molecule has 2 saturated heterocycles. The number of carboxylic acids is 1. The summed E-state index contributed by atoms with van der Waals surface area (Å²) in [7, 11) is 0. The molecule has 183 valence electrons. The molecule has 2 heterocycles. The number of amides is 1. The van der Waals surface area contributed by atoms with E-state index < -0.39 is 24.2 Å². The molecule has 2 rings (SSSR count). The molecule has 2 fully saturated rings. The molecule has 2 aliphatic heterocycles. The largest absolute Gasteiger partial charge is 0.481 e. The highest BCUT2D eigenvalue weighted by molar-refractivity contribution is 5.97. The Morgan fingerprint density at radius 1 is 1.00 bits per heavy atom. The first-order valence-electron chi connectivity index (χ1n) is 11.6. The molecule has 6 unspecified atom stereocenters. The number of ketones is 1. The van der Waals surface area contributed by atoms with Gasteiger partial charge in [-0.05, 0) is 57.3 Å². The maximum Gasteiger partial charge on any atom is 0.310 e. The Balaban J connectivity index is 1.71. The lowest BCUT2D eigenvalue weighted by atomic mass is 9.84. The number of nitrogens with one attached hydrogen (secondary N) is 2. The van der Waals surface area contributed by atoms with E-state index in [1.807, 2.05) is 0 Å². The number of aliphatic hydroxyl groups excluding tert-OH is 2. The Hall–Kier alpha value is -1.59. The lowest BCUT2D eigenvalue weighted by Gasteiger charge is -2.37. The predicted octanol–water partition coefficient (Wildman–Crippen LogP) is 0.444. The average molecular weight is 458 g/mol. The van der Waals surface area contributed by atoms with Crippen molar-refractivity contribution < 1.29 is 39.2 Å². The molecule has 1 amide bonds. The number of aliphatic carboxylic acids is 1. The Morgan fingerprint density at radius 3 is 2.34 bits per heavy atom. The van der Waals surface area contributed by atoms with Gasteiger partial charge in [0, 0.05) is 6.54 Å². The van der Waals surface area contributed by atoms with Gasteiger partial charge in [0.25, 0.3) is 0 Å². The van der Waals surface area contributed by atoms with Crippen LogP contribution in [-0.4, -0.2) is 83.2 Å². The molecule has 0 aliphatic carbocycles. The highest BCUT2D eigenvalue weighted by Crippen LogP contribution is 2.33. The lowest BCUT2D eigenvalue weighted by Crippen LogP contribution is -2.40. The number of hydrogen-bond donors (Lipinski definition) is 4. The second-order valence-electron chi connectivity index (χ2n) is 8.92. The van der Waals surface area contributed by atoms with E-state index in [4.69, 9.17) is 20.3 Å². The van der Waals surface area contributed by atoms with Gasteiger partial charge in [-0.1, -0.05) is 0 Å². The van der Waals surface area contributed by atoms with E-state index in [1.54, 1.807) is 0 Å². The highest BCUT2D eigenvalue weighted by atomic mass is 16.5. The molecular weight excluding hydrogens is 420 g/mol. The first kappa shape index (κ1) is 26.7. The van der Waals surface area contributed by atoms with Crippen molar-refractivity contribution in [3.63, 3.8) is 0 Å². The van der Waals surface area contributed by atoms with Crippen molar-refractivity contribution in [3.8, 4) is 0 Å². The monoisotopic (exact) mass is 457 g/mol. The van der Waals surface area contributed by atoms with Gasteiger partial charge in [-0.15, -0.1) is 0 Å². The maximum absolute atomic E-state index is 12.3. The standard InChI is InChI=1S/C22H37N2O8/c23-19(20(27)11-22(29)30)5-2-6-24-21(28)10-17-8-14(9-18(13-26)32-17)7-15-3-1-4-16(12-25)31-15/h14-19,23,25-26H,1-13H2,(H,24,28)(H,29,30). The van der Waals surface area contributed by atoms with Crippen LogP contribution < -0.4 is 11.1 Å². The van der Waals surface area contributed by atoms with E-state index >= 15 is 0 Å². The zero-order chi connectivity index (χ0) is 23.5. The van der Waals surface area contributed by atoms with Crippen LogP contribution in [0.5, 0.6) is 0 Å². The predicted molar refractivity (Wildman–Crippen MR) is 114 cm³/mol. The third-order valence-electron chi connectivity index (χ3n) is 6.14. The van der Waals surface area contributed by atoms with Crippen molar-refractivity contribution in [1.29, 1.82) is 0 Å². The summed E-state index contributed by atoms with van der Waals surface area (Å²) in [4.78, 5) is 34.3. The number of aliphatic hydroxyl groups is 2. The van der Waals surface area contributed by atoms with Crippen LogP contribution >= 0.6 is 0 Å². The van der Waals surface area contributed by atoms with Crippen LogP contribution in [0.3, 0.4) is 0 Å². The summed E-state index contributed by atoms with van der Waals surface area (Å²) in [6.07, 6.45) is 4.56. The lowest BCUT2D eigenvalue weighted by molar-refractivity contribution is -0.140. The molecular formula is C22H37N2O8. The number of ether oxygens (including phenoxy) is 2. The molecule has 5 N–H and O–H groups in total. The summed E-state index contributed by atoms with van der Waals surface area (Å²) in [6.45, 7) is 0.224. The summed E-state index contributed by atoms with van der Waals surface area (Å²) in [5.41, 5.74) is 7.67. The summed E-state index contributed by atoms with van der Waals surface area (Å²) >= 11 is 0. The van der Waals surface area contributed by atoms with E-state index in [1.165, 1.54) is 0 Å². The van der Waals surface area contributed by atoms with Crippen LogP contribution in [0.15, 0.2) is 0 Å². The van der Waals surface area contributed by atoms with Crippen molar-refractivity contribution in [2.75, 3.05) is 19.8 Å².